The Morgan fingerprint density at radius 3 is 2.83 bits per heavy atom. The summed E-state index contributed by atoms with van der Waals surface area (Å²) in [4.78, 5) is 32.9. The first kappa shape index (κ1) is 16.0. The van der Waals surface area contributed by atoms with Crippen molar-refractivity contribution in [3.8, 4) is 0 Å². The molecule has 0 saturated heterocycles. The summed E-state index contributed by atoms with van der Waals surface area (Å²) in [6.07, 6.45) is 1.85. The van der Waals surface area contributed by atoms with Gasteiger partial charge in [-0.1, -0.05) is 13.8 Å². The molecule has 23 heavy (non-hydrogen) atoms. The molecule has 3 rings (SSSR count). The molecule has 122 valence electrons. The van der Waals surface area contributed by atoms with Crippen molar-refractivity contribution in [3.63, 3.8) is 0 Å². The fourth-order valence-electron chi connectivity index (χ4n) is 2.67. The van der Waals surface area contributed by atoms with E-state index >= 15 is 0 Å². The molecule has 2 aliphatic heterocycles. The highest BCUT2D eigenvalue weighted by Gasteiger charge is 2.43. The number of thioether (sulfide) groups is 1. The van der Waals surface area contributed by atoms with Crippen LogP contribution in [0.4, 0.5) is 0 Å². The number of carboxylic acid groups (broad SMARTS) is 1. The van der Waals surface area contributed by atoms with E-state index in [0.717, 1.165) is 29.2 Å². The highest BCUT2D eigenvalue weighted by atomic mass is 32.2. The molecule has 1 aromatic rings. The maximum absolute atomic E-state index is 12.3. The molecule has 0 saturated carbocycles. The van der Waals surface area contributed by atoms with Gasteiger partial charge in [0.05, 0.1) is 5.56 Å². The highest BCUT2D eigenvalue weighted by molar-refractivity contribution is 7.99. The topological polar surface area (TPSA) is 91.7 Å². The quantitative estimate of drug-likeness (QED) is 0.884. The van der Waals surface area contributed by atoms with Crippen molar-refractivity contribution in [3.05, 3.63) is 22.9 Å². The number of carbonyl (C=O) groups excluding carboxylic acids is 1. The van der Waals surface area contributed by atoms with E-state index in [1.165, 1.54) is 0 Å². The standard InChI is InChI=1S/C16H19N3O3S/c1-8(2)16(3)15(22)18-12(19-16)11-10(14(20)21)7-9-5-4-6-23-13(9)17-11/h7-8H,4-6H2,1-3H3,(H,20,21)(H,18,19,22). The van der Waals surface area contributed by atoms with E-state index in [0.29, 0.717) is 0 Å². The lowest BCUT2D eigenvalue weighted by molar-refractivity contribution is -0.124. The number of amides is 1. The minimum atomic E-state index is -1.05. The Labute approximate surface area is 138 Å². The summed E-state index contributed by atoms with van der Waals surface area (Å²) in [6.45, 7) is 5.59. The van der Waals surface area contributed by atoms with Crippen LogP contribution in [0.3, 0.4) is 0 Å². The molecule has 0 aromatic carbocycles. The van der Waals surface area contributed by atoms with Crippen LogP contribution in [0.25, 0.3) is 0 Å². The minimum Gasteiger partial charge on any atom is -0.478 e. The molecule has 1 amide bonds. The predicted octanol–water partition coefficient (Wildman–Crippen LogP) is 2.11. The van der Waals surface area contributed by atoms with Crippen molar-refractivity contribution >= 4 is 29.5 Å². The van der Waals surface area contributed by atoms with Crippen LogP contribution in [0.2, 0.25) is 0 Å². The molecule has 7 heteroatoms. The summed E-state index contributed by atoms with van der Waals surface area (Å²) in [6, 6.07) is 1.67. The van der Waals surface area contributed by atoms with Crippen molar-refractivity contribution in [2.75, 3.05) is 5.75 Å². The molecule has 1 unspecified atom stereocenters. The van der Waals surface area contributed by atoms with E-state index in [4.69, 9.17) is 0 Å². The summed E-state index contributed by atoms with van der Waals surface area (Å²) in [5.41, 5.74) is 0.413. The molecule has 0 fully saturated rings. The molecule has 1 atom stereocenters. The Balaban J connectivity index is 2.13. The number of pyridine rings is 1. The van der Waals surface area contributed by atoms with Gasteiger partial charge in [-0.15, -0.1) is 11.8 Å². The fourth-order valence-corrected chi connectivity index (χ4v) is 3.65. The number of amidine groups is 1. The molecule has 0 radical (unpaired) electrons. The monoisotopic (exact) mass is 333 g/mol. The van der Waals surface area contributed by atoms with E-state index in [-0.39, 0.29) is 28.9 Å². The molecular weight excluding hydrogens is 314 g/mol. The molecule has 6 nitrogen and oxygen atoms in total. The average Bonchev–Trinajstić information content (AvgIpc) is 2.82. The van der Waals surface area contributed by atoms with Crippen LogP contribution < -0.4 is 5.32 Å². The maximum atomic E-state index is 12.3. The number of nitrogens with one attached hydrogen (secondary N) is 1. The van der Waals surface area contributed by atoms with Gasteiger partial charge >= 0.3 is 5.97 Å². The zero-order valence-corrected chi connectivity index (χ0v) is 14.2. The number of fused-ring (bicyclic) bond motifs is 1. The molecular formula is C16H19N3O3S. The molecule has 3 heterocycles. The number of aromatic nitrogens is 1. The third kappa shape index (κ3) is 2.63. The molecule has 0 bridgehead atoms. The van der Waals surface area contributed by atoms with Gasteiger partial charge in [-0.05, 0) is 43.1 Å². The van der Waals surface area contributed by atoms with Crippen LogP contribution in [0.1, 0.15) is 48.8 Å². The van der Waals surface area contributed by atoms with Gasteiger partial charge in [0.2, 0.25) is 0 Å². The van der Waals surface area contributed by atoms with Crippen molar-refractivity contribution < 1.29 is 14.7 Å². The van der Waals surface area contributed by atoms with Crippen molar-refractivity contribution in [1.29, 1.82) is 0 Å². The van der Waals surface area contributed by atoms with Crippen LogP contribution >= 0.6 is 11.8 Å². The lowest BCUT2D eigenvalue weighted by atomic mass is 9.89. The van der Waals surface area contributed by atoms with Crippen molar-refractivity contribution in [2.45, 2.75) is 44.2 Å². The van der Waals surface area contributed by atoms with Gasteiger partial charge in [-0.2, -0.15) is 0 Å². The van der Waals surface area contributed by atoms with Gasteiger partial charge in [0.1, 0.15) is 16.3 Å². The summed E-state index contributed by atoms with van der Waals surface area (Å²) in [7, 11) is 0. The minimum absolute atomic E-state index is 0.000260. The van der Waals surface area contributed by atoms with E-state index in [2.05, 4.69) is 15.3 Å². The van der Waals surface area contributed by atoms with Crippen LogP contribution in [0.15, 0.2) is 16.1 Å². The second kappa shape index (κ2) is 5.63. The molecule has 0 aliphatic carbocycles. The van der Waals surface area contributed by atoms with E-state index < -0.39 is 11.5 Å². The van der Waals surface area contributed by atoms with Gasteiger partial charge in [0.15, 0.2) is 5.84 Å². The third-order valence-electron chi connectivity index (χ3n) is 4.51. The van der Waals surface area contributed by atoms with E-state index in [9.17, 15) is 14.7 Å². The van der Waals surface area contributed by atoms with Crippen LogP contribution in [-0.4, -0.2) is 39.1 Å². The summed E-state index contributed by atoms with van der Waals surface area (Å²) in [5, 5.41) is 13.1. The molecule has 2 aliphatic rings. The van der Waals surface area contributed by atoms with Crippen LogP contribution in [-0.2, 0) is 11.2 Å². The number of aromatic carboxylic acids is 1. The largest absolute Gasteiger partial charge is 0.478 e. The fraction of sp³-hybridized carbons (Fsp3) is 0.500. The van der Waals surface area contributed by atoms with Gasteiger partial charge in [0, 0.05) is 0 Å². The summed E-state index contributed by atoms with van der Waals surface area (Å²) < 4.78 is 0. The number of carbonyl (C=O) groups is 2. The summed E-state index contributed by atoms with van der Waals surface area (Å²) in [5.74, 6) is -0.0427. The smallest absolute Gasteiger partial charge is 0.338 e. The highest BCUT2D eigenvalue weighted by Crippen LogP contribution is 2.32. The normalized spacial score (nSPS) is 23.5. The van der Waals surface area contributed by atoms with Crippen molar-refractivity contribution in [2.24, 2.45) is 10.9 Å². The first-order valence-electron chi connectivity index (χ1n) is 7.64. The SMILES string of the molecule is CC(C)C1(C)N=C(c2nc3c(cc2C(=O)O)CCCS3)NC1=O. The van der Waals surface area contributed by atoms with Gasteiger partial charge in [-0.3, -0.25) is 4.79 Å². The third-order valence-corrected chi connectivity index (χ3v) is 5.63. The number of carboxylic acids is 1. The number of aryl methyl sites for hydroxylation is 1. The zero-order valence-electron chi connectivity index (χ0n) is 13.3. The predicted molar refractivity (Wildman–Crippen MR) is 88.2 cm³/mol. The van der Waals surface area contributed by atoms with E-state index in [1.54, 1.807) is 24.8 Å². The number of hydrogen-bond acceptors (Lipinski definition) is 5. The second-order valence-corrected chi connectivity index (χ2v) is 7.41. The second-order valence-electron chi connectivity index (χ2n) is 6.32. The zero-order chi connectivity index (χ0) is 16.8. The Morgan fingerprint density at radius 2 is 2.22 bits per heavy atom. The number of hydrogen-bond donors (Lipinski definition) is 2. The molecule has 2 N–H and O–H groups in total. The Morgan fingerprint density at radius 1 is 1.48 bits per heavy atom. The van der Waals surface area contributed by atoms with Gasteiger partial charge < -0.3 is 10.4 Å². The lowest BCUT2D eigenvalue weighted by Gasteiger charge is -2.21. The molecule has 0 spiro atoms. The number of rotatable bonds is 3. The average molecular weight is 333 g/mol. The molecule has 1 aromatic heterocycles. The Bertz CT molecular complexity index is 730. The van der Waals surface area contributed by atoms with Gasteiger partial charge in [0.25, 0.3) is 5.91 Å². The van der Waals surface area contributed by atoms with Crippen LogP contribution in [0, 0.1) is 5.92 Å². The van der Waals surface area contributed by atoms with Gasteiger partial charge in [-0.25, -0.2) is 14.8 Å². The lowest BCUT2D eigenvalue weighted by Crippen LogP contribution is -2.41. The Hall–Kier alpha value is -1.89. The number of nitrogens with zero attached hydrogens (tertiary/aromatic N) is 2. The summed E-state index contributed by atoms with van der Waals surface area (Å²) >= 11 is 1.62. The first-order valence-corrected chi connectivity index (χ1v) is 8.63. The van der Waals surface area contributed by atoms with Crippen molar-refractivity contribution in [1.82, 2.24) is 10.3 Å². The maximum Gasteiger partial charge on any atom is 0.338 e. The Kier molecular flexibility index (Phi) is 3.91. The van der Waals surface area contributed by atoms with Crippen LogP contribution in [0.5, 0.6) is 0 Å². The first-order chi connectivity index (χ1) is 10.8. The number of aliphatic imine (C=N–C) groups is 1. The van der Waals surface area contributed by atoms with E-state index in [1.807, 2.05) is 13.8 Å².